The molecule has 1 unspecified atom stereocenters. The van der Waals surface area contributed by atoms with Crippen molar-refractivity contribution in [2.75, 3.05) is 12.4 Å². The molecule has 0 saturated carbocycles. The zero-order valence-electron chi connectivity index (χ0n) is 11.5. The number of halogens is 3. The molecule has 1 rings (SSSR count). The maximum Gasteiger partial charge on any atom is 0.233 e. The lowest BCUT2D eigenvalue weighted by Gasteiger charge is -2.29. The van der Waals surface area contributed by atoms with E-state index < -0.39 is 9.05 Å². The minimum absolute atomic E-state index is 0.150. The molecule has 0 fully saturated rings. The van der Waals surface area contributed by atoms with E-state index in [0.29, 0.717) is 15.8 Å². The Balaban J connectivity index is 2.81. The second-order valence-electron chi connectivity index (χ2n) is 5.65. The van der Waals surface area contributed by atoms with Gasteiger partial charge in [-0.1, -0.05) is 44.0 Å². The number of benzene rings is 1. The molecule has 3 nitrogen and oxygen atoms in total. The van der Waals surface area contributed by atoms with Crippen molar-refractivity contribution in [2.45, 2.75) is 20.8 Å². The lowest BCUT2D eigenvalue weighted by atomic mass is 9.82. The molecule has 1 atom stereocenters. The van der Waals surface area contributed by atoms with Crippen molar-refractivity contribution in [2.24, 2.45) is 11.3 Å². The number of rotatable bonds is 5. The van der Waals surface area contributed by atoms with Gasteiger partial charge in [0.2, 0.25) is 9.05 Å². The maximum absolute atomic E-state index is 11.3. The molecule has 0 saturated heterocycles. The summed E-state index contributed by atoms with van der Waals surface area (Å²) in [5.74, 6) is 0.0672. The smallest absolute Gasteiger partial charge is 0.233 e. The lowest BCUT2D eigenvalue weighted by molar-refractivity contribution is 0.163. The SMILES string of the molecule is CC(C)(C)C(COc1ccc(Cl)cc1Cl)CS(=O)(=O)Cl. The largest absolute Gasteiger partial charge is 0.492 e. The minimum atomic E-state index is -3.59. The third kappa shape index (κ3) is 6.08. The molecular weight excluding hydrogens is 343 g/mol. The zero-order chi connectivity index (χ0) is 15.6. The van der Waals surface area contributed by atoms with Gasteiger partial charge in [-0.3, -0.25) is 0 Å². The van der Waals surface area contributed by atoms with Gasteiger partial charge < -0.3 is 4.74 Å². The summed E-state index contributed by atoms with van der Waals surface area (Å²) in [4.78, 5) is 0. The summed E-state index contributed by atoms with van der Waals surface area (Å²) in [6.45, 7) is 6.02. The van der Waals surface area contributed by atoms with Crippen molar-refractivity contribution in [1.29, 1.82) is 0 Å². The molecule has 0 aliphatic heterocycles. The van der Waals surface area contributed by atoms with Crippen LogP contribution in [0.25, 0.3) is 0 Å². The average molecular weight is 360 g/mol. The molecule has 20 heavy (non-hydrogen) atoms. The van der Waals surface area contributed by atoms with Crippen LogP contribution < -0.4 is 4.74 Å². The number of ether oxygens (including phenoxy) is 1. The summed E-state index contributed by atoms with van der Waals surface area (Å²) < 4.78 is 28.2. The van der Waals surface area contributed by atoms with Crippen molar-refractivity contribution in [3.05, 3.63) is 28.2 Å². The standard InChI is InChI=1S/C13H17Cl3O3S/c1-13(2,3)9(8-20(16,17)18)7-19-12-5-4-10(14)6-11(12)15/h4-6,9H,7-8H2,1-3H3. The van der Waals surface area contributed by atoms with E-state index in [1.807, 2.05) is 20.8 Å². The van der Waals surface area contributed by atoms with Crippen LogP contribution in [0, 0.1) is 11.3 Å². The zero-order valence-corrected chi connectivity index (χ0v) is 14.6. The molecule has 1 aromatic carbocycles. The molecule has 0 radical (unpaired) electrons. The van der Waals surface area contributed by atoms with E-state index in [0.717, 1.165) is 0 Å². The highest BCUT2D eigenvalue weighted by molar-refractivity contribution is 8.13. The van der Waals surface area contributed by atoms with Gasteiger partial charge in [0.15, 0.2) is 0 Å². The van der Waals surface area contributed by atoms with Gasteiger partial charge in [0.05, 0.1) is 17.4 Å². The molecule has 0 aliphatic carbocycles. The normalized spacial score (nSPS) is 14.1. The topological polar surface area (TPSA) is 43.4 Å². The first kappa shape index (κ1) is 17.9. The highest BCUT2D eigenvalue weighted by atomic mass is 35.7. The van der Waals surface area contributed by atoms with Gasteiger partial charge in [0.25, 0.3) is 0 Å². The van der Waals surface area contributed by atoms with Crippen molar-refractivity contribution in [1.82, 2.24) is 0 Å². The second-order valence-corrected chi connectivity index (χ2v) is 9.32. The van der Waals surface area contributed by atoms with Crippen LogP contribution in [0.2, 0.25) is 10.0 Å². The molecule has 0 heterocycles. The van der Waals surface area contributed by atoms with Crippen LogP contribution in [0.3, 0.4) is 0 Å². The molecule has 1 aromatic rings. The van der Waals surface area contributed by atoms with E-state index in [9.17, 15) is 8.42 Å². The Morgan fingerprint density at radius 3 is 2.30 bits per heavy atom. The van der Waals surface area contributed by atoms with E-state index in [-0.39, 0.29) is 23.7 Å². The monoisotopic (exact) mass is 358 g/mol. The lowest BCUT2D eigenvalue weighted by Crippen LogP contribution is -2.31. The fourth-order valence-electron chi connectivity index (χ4n) is 1.57. The predicted molar refractivity (Wildman–Crippen MR) is 84.5 cm³/mol. The van der Waals surface area contributed by atoms with Gasteiger partial charge in [-0.25, -0.2) is 8.42 Å². The van der Waals surface area contributed by atoms with Gasteiger partial charge in [-0.05, 0) is 23.6 Å². The molecule has 0 bridgehead atoms. The highest BCUT2D eigenvalue weighted by Crippen LogP contribution is 2.32. The Hall–Kier alpha value is -0.160. The Labute approximate surface area is 134 Å². The van der Waals surface area contributed by atoms with Crippen LogP contribution in [0.4, 0.5) is 0 Å². The molecular formula is C13H17Cl3O3S. The second kappa shape index (κ2) is 6.73. The van der Waals surface area contributed by atoms with E-state index in [2.05, 4.69) is 0 Å². The molecule has 0 aliphatic rings. The van der Waals surface area contributed by atoms with Gasteiger partial charge in [0, 0.05) is 21.6 Å². The van der Waals surface area contributed by atoms with Crippen LogP contribution >= 0.6 is 33.9 Å². The van der Waals surface area contributed by atoms with Gasteiger partial charge >= 0.3 is 0 Å². The molecule has 0 amide bonds. The van der Waals surface area contributed by atoms with E-state index in [1.165, 1.54) is 0 Å². The third-order valence-electron chi connectivity index (χ3n) is 2.96. The average Bonchev–Trinajstić information content (AvgIpc) is 2.23. The van der Waals surface area contributed by atoms with Crippen LogP contribution in [0.15, 0.2) is 18.2 Å². The Kier molecular flexibility index (Phi) is 6.02. The van der Waals surface area contributed by atoms with Crippen molar-refractivity contribution < 1.29 is 13.2 Å². The highest BCUT2D eigenvalue weighted by Gasteiger charge is 2.29. The number of hydrogen-bond donors (Lipinski definition) is 0. The molecule has 114 valence electrons. The summed E-state index contributed by atoms with van der Waals surface area (Å²) in [7, 11) is 1.75. The molecule has 7 heteroatoms. The predicted octanol–water partition coefficient (Wildman–Crippen LogP) is 4.60. The van der Waals surface area contributed by atoms with E-state index in [1.54, 1.807) is 18.2 Å². The van der Waals surface area contributed by atoms with E-state index >= 15 is 0 Å². The van der Waals surface area contributed by atoms with Gasteiger partial charge in [0.1, 0.15) is 5.75 Å². The van der Waals surface area contributed by atoms with Gasteiger partial charge in [-0.2, -0.15) is 0 Å². The Morgan fingerprint density at radius 2 is 1.85 bits per heavy atom. The van der Waals surface area contributed by atoms with Crippen LogP contribution in [-0.2, 0) is 9.05 Å². The summed E-state index contributed by atoms with van der Waals surface area (Å²) in [5.41, 5.74) is -0.263. The molecule has 0 aromatic heterocycles. The first-order valence-electron chi connectivity index (χ1n) is 5.99. The Bertz CT molecular complexity index is 565. The van der Waals surface area contributed by atoms with Crippen LogP contribution in [0.1, 0.15) is 20.8 Å². The van der Waals surface area contributed by atoms with Crippen molar-refractivity contribution >= 4 is 42.9 Å². The first-order chi connectivity index (χ1) is 8.99. The van der Waals surface area contributed by atoms with Crippen LogP contribution in [-0.4, -0.2) is 20.8 Å². The summed E-state index contributed by atoms with van der Waals surface area (Å²) in [5, 5.41) is 0.900. The number of hydrogen-bond acceptors (Lipinski definition) is 3. The first-order valence-corrected chi connectivity index (χ1v) is 9.22. The third-order valence-corrected chi connectivity index (χ3v) is 4.67. The summed E-state index contributed by atoms with van der Waals surface area (Å²) >= 11 is 11.8. The van der Waals surface area contributed by atoms with Gasteiger partial charge in [-0.15, -0.1) is 0 Å². The van der Waals surface area contributed by atoms with Crippen LogP contribution in [0.5, 0.6) is 5.75 Å². The Morgan fingerprint density at radius 1 is 1.25 bits per heavy atom. The summed E-state index contributed by atoms with van der Waals surface area (Å²) in [6, 6.07) is 4.88. The quantitative estimate of drug-likeness (QED) is 0.721. The molecule has 0 N–H and O–H groups in total. The summed E-state index contributed by atoms with van der Waals surface area (Å²) in [6.07, 6.45) is 0. The van der Waals surface area contributed by atoms with Crippen molar-refractivity contribution in [3.63, 3.8) is 0 Å². The fraction of sp³-hybridized carbons (Fsp3) is 0.538. The fourth-order valence-corrected chi connectivity index (χ4v) is 3.57. The van der Waals surface area contributed by atoms with Crippen molar-refractivity contribution in [3.8, 4) is 5.75 Å². The minimum Gasteiger partial charge on any atom is -0.492 e. The van der Waals surface area contributed by atoms with E-state index in [4.69, 9.17) is 38.6 Å². The molecule has 0 spiro atoms. The maximum atomic E-state index is 11.3.